The van der Waals surface area contributed by atoms with E-state index in [2.05, 4.69) is 27.2 Å². The van der Waals surface area contributed by atoms with E-state index in [1.807, 2.05) is 0 Å². The van der Waals surface area contributed by atoms with Gasteiger partial charge in [0, 0.05) is 12.2 Å². The maximum atomic E-state index is 12.3. The van der Waals surface area contributed by atoms with Crippen molar-refractivity contribution in [3.05, 3.63) is 29.0 Å². The van der Waals surface area contributed by atoms with Crippen molar-refractivity contribution in [2.24, 2.45) is 0 Å². The number of carbonyl (C=O) groups is 1. The SMILES string of the molecule is CCOC(=O)c1cnc2ccc(Cl)nc2c1NC1CCN(C)CC1. The Morgan fingerprint density at radius 3 is 2.88 bits per heavy atom. The Hall–Kier alpha value is -1.92. The summed E-state index contributed by atoms with van der Waals surface area (Å²) in [6.45, 7) is 4.13. The van der Waals surface area contributed by atoms with E-state index in [1.165, 1.54) is 0 Å². The summed E-state index contributed by atoms with van der Waals surface area (Å²) < 4.78 is 5.17. The van der Waals surface area contributed by atoms with Gasteiger partial charge < -0.3 is 15.0 Å². The van der Waals surface area contributed by atoms with E-state index in [0.717, 1.165) is 25.9 Å². The number of anilines is 1. The average Bonchev–Trinajstić information content (AvgIpc) is 2.57. The number of likely N-dealkylation sites (tertiary alicyclic amines) is 1. The van der Waals surface area contributed by atoms with Crippen LogP contribution in [0.25, 0.3) is 11.0 Å². The Balaban J connectivity index is 2.01. The third-order valence-electron chi connectivity index (χ3n) is 4.24. The first-order valence-electron chi connectivity index (χ1n) is 8.16. The molecular weight excluding hydrogens is 328 g/mol. The number of nitrogens with one attached hydrogen (secondary N) is 1. The number of carbonyl (C=O) groups excluding carboxylic acids is 1. The number of hydrogen-bond acceptors (Lipinski definition) is 6. The van der Waals surface area contributed by atoms with Crippen molar-refractivity contribution in [3.63, 3.8) is 0 Å². The lowest BCUT2D eigenvalue weighted by molar-refractivity contribution is 0.0527. The van der Waals surface area contributed by atoms with Crippen molar-refractivity contribution >= 4 is 34.3 Å². The second kappa shape index (κ2) is 7.32. The molecule has 7 heteroatoms. The maximum absolute atomic E-state index is 12.3. The van der Waals surface area contributed by atoms with Crippen LogP contribution in [0.1, 0.15) is 30.1 Å². The standard InChI is InChI=1S/C17H21ClN4O2/c1-3-24-17(23)12-10-19-13-4-5-14(18)21-16(13)15(12)20-11-6-8-22(2)9-7-11/h4-5,10-11H,3,6-9H2,1-2H3,(H,19,20). The zero-order chi connectivity index (χ0) is 17.1. The molecule has 0 aliphatic carbocycles. The smallest absolute Gasteiger partial charge is 0.341 e. The van der Waals surface area contributed by atoms with Crippen LogP contribution in [0.5, 0.6) is 0 Å². The highest BCUT2D eigenvalue weighted by Crippen LogP contribution is 2.28. The number of nitrogens with zero attached hydrogens (tertiary/aromatic N) is 3. The van der Waals surface area contributed by atoms with Gasteiger partial charge in [0.05, 0.1) is 17.8 Å². The van der Waals surface area contributed by atoms with E-state index in [9.17, 15) is 4.79 Å². The lowest BCUT2D eigenvalue weighted by Crippen LogP contribution is -2.37. The second-order valence-electron chi connectivity index (χ2n) is 5.99. The molecule has 0 saturated carbocycles. The minimum atomic E-state index is -0.399. The van der Waals surface area contributed by atoms with Crippen LogP contribution in [0.4, 0.5) is 5.69 Å². The molecule has 6 nitrogen and oxygen atoms in total. The molecule has 0 atom stereocenters. The van der Waals surface area contributed by atoms with Gasteiger partial charge in [-0.3, -0.25) is 4.98 Å². The number of fused-ring (bicyclic) bond motifs is 1. The van der Waals surface area contributed by atoms with Crippen molar-refractivity contribution in [1.82, 2.24) is 14.9 Å². The number of esters is 1. The fraction of sp³-hybridized carbons (Fsp3) is 0.471. The molecule has 128 valence electrons. The van der Waals surface area contributed by atoms with Gasteiger partial charge in [0.25, 0.3) is 0 Å². The lowest BCUT2D eigenvalue weighted by Gasteiger charge is -2.30. The molecule has 3 heterocycles. The maximum Gasteiger partial charge on any atom is 0.341 e. The number of aromatic nitrogens is 2. The molecule has 1 fully saturated rings. The molecule has 2 aromatic rings. The summed E-state index contributed by atoms with van der Waals surface area (Å²) in [5.74, 6) is -0.399. The summed E-state index contributed by atoms with van der Waals surface area (Å²) in [5, 5.41) is 3.86. The summed E-state index contributed by atoms with van der Waals surface area (Å²) in [6.07, 6.45) is 3.56. The summed E-state index contributed by atoms with van der Waals surface area (Å²) >= 11 is 6.06. The summed E-state index contributed by atoms with van der Waals surface area (Å²) in [6, 6.07) is 3.78. The molecular formula is C17H21ClN4O2. The van der Waals surface area contributed by atoms with Crippen molar-refractivity contribution in [1.29, 1.82) is 0 Å². The van der Waals surface area contributed by atoms with Crippen LogP contribution >= 0.6 is 11.6 Å². The molecule has 0 aromatic carbocycles. The molecule has 3 rings (SSSR count). The predicted molar refractivity (Wildman–Crippen MR) is 94.6 cm³/mol. The second-order valence-corrected chi connectivity index (χ2v) is 6.38. The zero-order valence-corrected chi connectivity index (χ0v) is 14.6. The Labute approximate surface area is 146 Å². The quantitative estimate of drug-likeness (QED) is 0.676. The predicted octanol–water partition coefficient (Wildman–Crippen LogP) is 2.97. The normalized spacial score (nSPS) is 16.3. The molecule has 24 heavy (non-hydrogen) atoms. The Bertz CT molecular complexity index is 745. The van der Waals surface area contributed by atoms with Gasteiger partial charge in [0.15, 0.2) is 0 Å². The Morgan fingerprint density at radius 2 is 2.17 bits per heavy atom. The third-order valence-corrected chi connectivity index (χ3v) is 4.45. The van der Waals surface area contributed by atoms with Gasteiger partial charge in [-0.1, -0.05) is 11.6 Å². The van der Waals surface area contributed by atoms with Gasteiger partial charge in [0.2, 0.25) is 0 Å². The number of hydrogen-bond donors (Lipinski definition) is 1. The molecule has 1 aliphatic heterocycles. The average molecular weight is 349 g/mol. The summed E-state index contributed by atoms with van der Waals surface area (Å²) in [7, 11) is 2.11. The molecule has 2 aromatic heterocycles. The van der Waals surface area contributed by atoms with Crippen LogP contribution in [-0.4, -0.2) is 53.6 Å². The number of piperidine rings is 1. The summed E-state index contributed by atoms with van der Waals surface area (Å²) in [4.78, 5) is 23.3. The van der Waals surface area contributed by atoms with E-state index in [0.29, 0.717) is 34.0 Å². The minimum Gasteiger partial charge on any atom is -0.462 e. The lowest BCUT2D eigenvalue weighted by atomic mass is 10.0. The molecule has 0 bridgehead atoms. The van der Waals surface area contributed by atoms with Crippen LogP contribution in [-0.2, 0) is 4.74 Å². The molecule has 1 aliphatic rings. The first-order valence-corrected chi connectivity index (χ1v) is 8.53. The third kappa shape index (κ3) is 3.60. The highest BCUT2D eigenvalue weighted by atomic mass is 35.5. The van der Waals surface area contributed by atoms with E-state index in [4.69, 9.17) is 16.3 Å². The van der Waals surface area contributed by atoms with Gasteiger partial charge in [-0.05, 0) is 52.0 Å². The van der Waals surface area contributed by atoms with Crippen LogP contribution in [0.15, 0.2) is 18.3 Å². The highest BCUT2D eigenvalue weighted by Gasteiger charge is 2.22. The zero-order valence-electron chi connectivity index (χ0n) is 13.9. The van der Waals surface area contributed by atoms with Crippen LogP contribution in [0.2, 0.25) is 5.15 Å². The van der Waals surface area contributed by atoms with E-state index in [-0.39, 0.29) is 6.04 Å². The van der Waals surface area contributed by atoms with Crippen LogP contribution < -0.4 is 5.32 Å². The molecule has 1 N–H and O–H groups in total. The van der Waals surface area contributed by atoms with E-state index >= 15 is 0 Å². The molecule has 0 radical (unpaired) electrons. The fourth-order valence-electron chi connectivity index (χ4n) is 2.91. The van der Waals surface area contributed by atoms with Crippen molar-refractivity contribution < 1.29 is 9.53 Å². The van der Waals surface area contributed by atoms with Gasteiger partial charge >= 0.3 is 5.97 Å². The molecule has 1 saturated heterocycles. The van der Waals surface area contributed by atoms with Crippen LogP contribution in [0, 0.1) is 0 Å². The topological polar surface area (TPSA) is 67.3 Å². The molecule has 0 unspecified atom stereocenters. The summed E-state index contributed by atoms with van der Waals surface area (Å²) in [5.41, 5.74) is 2.36. The van der Waals surface area contributed by atoms with Gasteiger partial charge in [-0.15, -0.1) is 0 Å². The Morgan fingerprint density at radius 1 is 1.42 bits per heavy atom. The molecule has 0 spiro atoms. The highest BCUT2D eigenvalue weighted by molar-refractivity contribution is 6.29. The first-order chi connectivity index (χ1) is 11.6. The van der Waals surface area contributed by atoms with Crippen molar-refractivity contribution in [2.75, 3.05) is 32.1 Å². The number of ether oxygens (including phenoxy) is 1. The number of rotatable bonds is 4. The van der Waals surface area contributed by atoms with E-state index < -0.39 is 5.97 Å². The van der Waals surface area contributed by atoms with Gasteiger partial charge in [-0.2, -0.15) is 0 Å². The largest absolute Gasteiger partial charge is 0.462 e. The number of pyridine rings is 2. The van der Waals surface area contributed by atoms with Crippen molar-refractivity contribution in [3.8, 4) is 0 Å². The Kier molecular flexibility index (Phi) is 5.16. The van der Waals surface area contributed by atoms with Crippen molar-refractivity contribution in [2.45, 2.75) is 25.8 Å². The van der Waals surface area contributed by atoms with Crippen LogP contribution in [0.3, 0.4) is 0 Å². The van der Waals surface area contributed by atoms with Gasteiger partial charge in [0.1, 0.15) is 16.2 Å². The monoisotopic (exact) mass is 348 g/mol. The fourth-order valence-corrected chi connectivity index (χ4v) is 3.06. The first kappa shape index (κ1) is 16.9. The molecule has 0 amide bonds. The minimum absolute atomic E-state index is 0.278. The van der Waals surface area contributed by atoms with E-state index in [1.54, 1.807) is 25.3 Å². The van der Waals surface area contributed by atoms with Gasteiger partial charge in [-0.25, -0.2) is 9.78 Å². The number of halogens is 1.